The highest BCUT2D eigenvalue weighted by molar-refractivity contribution is 6.31. The fourth-order valence-corrected chi connectivity index (χ4v) is 6.48. The molecule has 0 fully saturated rings. The average Bonchev–Trinajstić information content (AvgIpc) is 3.91. The molecule has 54 heavy (non-hydrogen) atoms. The van der Waals surface area contributed by atoms with Gasteiger partial charge in [0.1, 0.15) is 22.7 Å². The number of fused-ring (bicyclic) bond motifs is 2. The summed E-state index contributed by atoms with van der Waals surface area (Å²) in [6.07, 6.45) is 0. The number of aromatic nitrogens is 4. The smallest absolute Gasteiger partial charge is 0.356 e. The summed E-state index contributed by atoms with van der Waals surface area (Å²) in [4.78, 5) is 23.7. The van der Waals surface area contributed by atoms with Gasteiger partial charge in [-0.1, -0.05) is 63.0 Å². The van der Waals surface area contributed by atoms with E-state index in [4.69, 9.17) is 42.2 Å². The molecule has 7 aromatic rings. The summed E-state index contributed by atoms with van der Waals surface area (Å²) in [5.74, 6) is 1.01. The number of carbonyl (C=O) groups is 2. The number of aromatic carboxylic acids is 1. The topological polar surface area (TPSA) is 149 Å². The Morgan fingerprint density at radius 2 is 1.19 bits per heavy atom. The molecule has 0 spiro atoms. The maximum atomic E-state index is 12.7. The molecule has 0 aliphatic heterocycles. The lowest BCUT2D eigenvalue weighted by Crippen LogP contribution is -2.13. The van der Waals surface area contributed by atoms with Crippen molar-refractivity contribution in [3.8, 4) is 0 Å². The zero-order valence-electron chi connectivity index (χ0n) is 30.8. The first-order chi connectivity index (χ1) is 25.7. The molecule has 0 atom stereocenters. The fraction of sp³-hybridized carbons (Fsp3) is 0.268. The van der Waals surface area contributed by atoms with Crippen molar-refractivity contribution in [2.24, 2.45) is 0 Å². The monoisotopic (exact) mass is 769 g/mol. The van der Waals surface area contributed by atoms with Crippen LogP contribution in [0.2, 0.25) is 10.0 Å². The van der Waals surface area contributed by atoms with Crippen molar-refractivity contribution in [1.82, 2.24) is 19.6 Å². The van der Waals surface area contributed by atoms with Crippen LogP contribution in [0.4, 0.5) is 5.69 Å². The third kappa shape index (κ3) is 8.54. The molecular weight excluding hydrogens is 729 g/mol. The Morgan fingerprint density at radius 1 is 0.722 bits per heavy atom. The minimum Gasteiger partial charge on any atom is -0.476 e. The van der Waals surface area contributed by atoms with E-state index in [2.05, 4.69) is 43.2 Å². The molecule has 1 amide bonds. The SMILES string of the molecule is Cc1cc(C(=O)Nc2ccc(CO)cc2)nn1Cc1cc(Cl)cc2cc(C(C)C)oc12.Cc1cc(C(=O)O)nn1Cc1cc(Cl)cc2cc(C(C)C)oc12. The Morgan fingerprint density at radius 3 is 1.61 bits per heavy atom. The Balaban J connectivity index is 0.000000193. The molecular formula is C41H41Cl2N5O6. The second kappa shape index (κ2) is 15.9. The van der Waals surface area contributed by atoms with E-state index in [0.717, 1.165) is 61.5 Å². The minimum atomic E-state index is -1.04. The van der Waals surface area contributed by atoms with Crippen molar-refractivity contribution < 1.29 is 28.6 Å². The number of amides is 1. The number of nitrogens with one attached hydrogen (secondary N) is 1. The number of rotatable bonds is 10. The lowest BCUT2D eigenvalue weighted by Gasteiger charge is -2.07. The Labute approximate surface area is 322 Å². The van der Waals surface area contributed by atoms with Crippen molar-refractivity contribution in [2.45, 2.75) is 73.1 Å². The fourth-order valence-electron chi connectivity index (χ4n) is 5.98. The van der Waals surface area contributed by atoms with E-state index < -0.39 is 5.97 Å². The highest BCUT2D eigenvalue weighted by Gasteiger charge is 2.18. The number of aliphatic hydroxyl groups excluding tert-OH is 1. The minimum absolute atomic E-state index is 0.0306. The molecule has 4 aromatic heterocycles. The molecule has 0 bridgehead atoms. The van der Waals surface area contributed by atoms with Crippen LogP contribution < -0.4 is 5.32 Å². The Hall–Kier alpha value is -5.36. The van der Waals surface area contributed by atoms with Gasteiger partial charge in [0.25, 0.3) is 5.91 Å². The number of hydrogen-bond acceptors (Lipinski definition) is 7. The summed E-state index contributed by atoms with van der Waals surface area (Å²) in [6.45, 7) is 12.8. The van der Waals surface area contributed by atoms with Crippen LogP contribution in [-0.2, 0) is 19.7 Å². The van der Waals surface area contributed by atoms with Gasteiger partial charge in [-0.05, 0) is 80.1 Å². The van der Waals surface area contributed by atoms with E-state index in [1.165, 1.54) is 0 Å². The van der Waals surface area contributed by atoms with Crippen molar-refractivity contribution in [2.75, 3.05) is 5.32 Å². The number of anilines is 1. The molecule has 0 aliphatic rings. The molecule has 7 rings (SSSR count). The van der Waals surface area contributed by atoms with Crippen LogP contribution in [0.1, 0.15) is 100 Å². The van der Waals surface area contributed by atoms with E-state index in [0.29, 0.717) is 34.5 Å². The number of furan rings is 2. The van der Waals surface area contributed by atoms with Gasteiger partial charge in [0, 0.05) is 60.9 Å². The number of aryl methyl sites for hydroxylation is 2. The number of carboxylic acid groups (broad SMARTS) is 1. The first kappa shape index (κ1) is 38.4. The number of carboxylic acids is 1. The van der Waals surface area contributed by atoms with E-state index in [9.17, 15) is 9.59 Å². The zero-order valence-corrected chi connectivity index (χ0v) is 32.3. The molecule has 13 heteroatoms. The van der Waals surface area contributed by atoms with Crippen LogP contribution in [0.3, 0.4) is 0 Å². The Bertz CT molecular complexity index is 2470. The second-order valence-electron chi connectivity index (χ2n) is 13.8. The van der Waals surface area contributed by atoms with Crippen LogP contribution in [0, 0.1) is 13.8 Å². The summed E-state index contributed by atoms with van der Waals surface area (Å²) in [7, 11) is 0. The van der Waals surface area contributed by atoms with Crippen LogP contribution >= 0.6 is 23.2 Å². The van der Waals surface area contributed by atoms with Gasteiger partial charge in [-0.25, -0.2) is 4.79 Å². The standard InChI is InChI=1S/C24H24ClN3O3.C17H17ClN2O3/c1-14(2)22-11-17-9-19(25)10-18(23(17)31-22)12-28-15(3)8-21(27-28)24(30)26-20-6-4-16(13-29)5-7-20;1-9(2)15-7-11-5-13(18)6-12(16(11)23-15)8-20-10(3)4-14(19-20)17(21)22/h4-11,14,29H,12-13H2,1-3H3,(H,26,30);4-7,9H,8H2,1-3H3,(H,21,22). The van der Waals surface area contributed by atoms with E-state index >= 15 is 0 Å². The molecule has 3 N–H and O–H groups in total. The van der Waals surface area contributed by atoms with E-state index in [1.807, 2.05) is 50.2 Å². The average molecular weight is 771 g/mol. The zero-order chi connectivity index (χ0) is 38.8. The predicted molar refractivity (Wildman–Crippen MR) is 210 cm³/mol. The lowest BCUT2D eigenvalue weighted by molar-refractivity contribution is 0.0689. The third-order valence-corrected chi connectivity index (χ3v) is 9.38. The third-order valence-electron chi connectivity index (χ3n) is 8.94. The van der Waals surface area contributed by atoms with E-state index in [-0.39, 0.29) is 30.0 Å². The van der Waals surface area contributed by atoms with Gasteiger partial charge < -0.3 is 24.4 Å². The molecule has 0 aliphatic carbocycles. The molecule has 0 saturated heterocycles. The lowest BCUT2D eigenvalue weighted by atomic mass is 10.1. The first-order valence-corrected chi connectivity index (χ1v) is 18.2. The molecule has 0 radical (unpaired) electrons. The number of nitrogens with zero attached hydrogens (tertiary/aromatic N) is 4. The van der Waals surface area contributed by atoms with Gasteiger partial charge in [0.2, 0.25) is 0 Å². The van der Waals surface area contributed by atoms with Crippen molar-refractivity contribution in [3.05, 3.63) is 134 Å². The number of halogens is 2. The highest BCUT2D eigenvalue weighted by Crippen LogP contribution is 2.32. The van der Waals surface area contributed by atoms with Crippen molar-refractivity contribution in [3.63, 3.8) is 0 Å². The second-order valence-corrected chi connectivity index (χ2v) is 14.7. The number of benzene rings is 3. The van der Waals surface area contributed by atoms with Gasteiger partial charge in [-0.15, -0.1) is 0 Å². The van der Waals surface area contributed by atoms with Crippen LogP contribution in [0.15, 0.2) is 81.6 Å². The largest absolute Gasteiger partial charge is 0.476 e. The van der Waals surface area contributed by atoms with Gasteiger partial charge in [-0.2, -0.15) is 10.2 Å². The van der Waals surface area contributed by atoms with Gasteiger partial charge in [0.15, 0.2) is 11.4 Å². The van der Waals surface area contributed by atoms with Crippen LogP contribution in [0.5, 0.6) is 0 Å². The van der Waals surface area contributed by atoms with E-state index in [1.54, 1.807) is 45.8 Å². The molecule has 4 heterocycles. The van der Waals surface area contributed by atoms with Crippen LogP contribution in [0.25, 0.3) is 21.9 Å². The summed E-state index contributed by atoms with van der Waals surface area (Å²) < 4.78 is 15.5. The normalized spacial score (nSPS) is 11.5. The first-order valence-electron chi connectivity index (χ1n) is 17.5. The quantitative estimate of drug-likeness (QED) is 0.124. The maximum absolute atomic E-state index is 12.7. The summed E-state index contributed by atoms with van der Waals surface area (Å²) >= 11 is 12.5. The van der Waals surface area contributed by atoms with Gasteiger partial charge in [0.05, 0.1) is 19.7 Å². The summed E-state index contributed by atoms with van der Waals surface area (Å²) in [5.41, 5.74) is 6.74. The molecule has 0 saturated carbocycles. The maximum Gasteiger partial charge on any atom is 0.356 e. The van der Waals surface area contributed by atoms with Crippen molar-refractivity contribution >= 4 is 62.7 Å². The van der Waals surface area contributed by atoms with Gasteiger partial charge in [-0.3, -0.25) is 14.2 Å². The van der Waals surface area contributed by atoms with Gasteiger partial charge >= 0.3 is 5.97 Å². The molecule has 11 nitrogen and oxygen atoms in total. The summed E-state index contributed by atoms with van der Waals surface area (Å²) in [5, 5.41) is 32.8. The highest BCUT2D eigenvalue weighted by atomic mass is 35.5. The molecule has 0 unspecified atom stereocenters. The number of aliphatic hydroxyl groups is 1. The summed E-state index contributed by atoms with van der Waals surface area (Å²) in [6, 6.07) is 21.8. The van der Waals surface area contributed by atoms with Crippen molar-refractivity contribution in [1.29, 1.82) is 0 Å². The molecule has 3 aromatic carbocycles. The van der Waals surface area contributed by atoms with Crippen LogP contribution in [-0.4, -0.2) is 41.7 Å². The number of carbonyl (C=O) groups excluding carboxylic acids is 1. The molecule has 280 valence electrons. The predicted octanol–water partition coefficient (Wildman–Crippen LogP) is 9.97. The number of hydrogen-bond donors (Lipinski definition) is 3. The Kier molecular flexibility index (Phi) is 11.3.